The van der Waals surface area contributed by atoms with E-state index < -0.39 is 0 Å². The number of nitrogens with one attached hydrogen (secondary N) is 1. The Morgan fingerprint density at radius 2 is 1.62 bits per heavy atom. The highest BCUT2D eigenvalue weighted by Crippen LogP contribution is 2.17. The van der Waals surface area contributed by atoms with Crippen LogP contribution in [0.2, 0.25) is 0 Å². The third kappa shape index (κ3) is 4.57. The Bertz CT molecular complexity index is 546. The van der Waals surface area contributed by atoms with Crippen LogP contribution >= 0.6 is 0 Å². The lowest BCUT2D eigenvalue weighted by Crippen LogP contribution is -2.21. The van der Waals surface area contributed by atoms with Gasteiger partial charge in [0.2, 0.25) is 0 Å². The molecule has 2 rings (SSSR count). The molecular formula is C18H23FN2. The highest BCUT2D eigenvalue weighted by Gasteiger charge is 2.05. The van der Waals surface area contributed by atoms with Gasteiger partial charge in [0.1, 0.15) is 5.82 Å². The fourth-order valence-corrected chi connectivity index (χ4v) is 2.26. The minimum Gasteiger partial charge on any atom is -0.378 e. The summed E-state index contributed by atoms with van der Waals surface area (Å²) in [5.74, 6) is -0.180. The van der Waals surface area contributed by atoms with Crippen LogP contribution in [0.25, 0.3) is 0 Å². The summed E-state index contributed by atoms with van der Waals surface area (Å²) in [5.41, 5.74) is 3.64. The van der Waals surface area contributed by atoms with Gasteiger partial charge in [0.05, 0.1) is 0 Å². The Kier molecular flexibility index (Phi) is 5.34. The first-order valence-corrected chi connectivity index (χ1v) is 7.31. The second kappa shape index (κ2) is 7.23. The zero-order chi connectivity index (χ0) is 15.2. The summed E-state index contributed by atoms with van der Waals surface area (Å²) in [5, 5.41) is 3.50. The number of benzene rings is 2. The van der Waals surface area contributed by atoms with Crippen LogP contribution in [0.5, 0.6) is 0 Å². The summed E-state index contributed by atoms with van der Waals surface area (Å²) < 4.78 is 12.8. The molecule has 3 heteroatoms. The maximum absolute atomic E-state index is 12.8. The molecule has 0 fully saturated rings. The van der Waals surface area contributed by atoms with E-state index in [2.05, 4.69) is 41.4 Å². The standard InChI is InChI=1S/C18H23FN2/c1-14(16-6-10-18(11-7-16)21(2)3)20-13-12-15-4-8-17(19)9-5-15/h4-11,14,20H,12-13H2,1-3H3. The van der Waals surface area contributed by atoms with Crippen molar-refractivity contribution in [1.82, 2.24) is 5.32 Å². The predicted molar refractivity (Wildman–Crippen MR) is 87.3 cm³/mol. The van der Waals surface area contributed by atoms with Gasteiger partial charge in [-0.05, 0) is 55.3 Å². The Morgan fingerprint density at radius 3 is 2.19 bits per heavy atom. The van der Waals surface area contributed by atoms with Gasteiger partial charge in [-0.2, -0.15) is 0 Å². The van der Waals surface area contributed by atoms with Crippen LogP contribution < -0.4 is 10.2 Å². The maximum Gasteiger partial charge on any atom is 0.123 e. The van der Waals surface area contributed by atoms with Crippen molar-refractivity contribution in [2.24, 2.45) is 0 Å². The average molecular weight is 286 g/mol. The Hall–Kier alpha value is -1.87. The van der Waals surface area contributed by atoms with E-state index in [9.17, 15) is 4.39 Å². The zero-order valence-electron chi connectivity index (χ0n) is 12.9. The van der Waals surface area contributed by atoms with E-state index in [1.54, 1.807) is 0 Å². The van der Waals surface area contributed by atoms with Crippen molar-refractivity contribution in [1.29, 1.82) is 0 Å². The quantitative estimate of drug-likeness (QED) is 0.869. The Balaban J connectivity index is 1.83. The van der Waals surface area contributed by atoms with E-state index in [1.165, 1.54) is 23.4 Å². The smallest absolute Gasteiger partial charge is 0.123 e. The lowest BCUT2D eigenvalue weighted by atomic mass is 10.1. The lowest BCUT2D eigenvalue weighted by molar-refractivity contribution is 0.576. The molecule has 0 aromatic heterocycles. The minimum absolute atomic E-state index is 0.180. The summed E-state index contributed by atoms with van der Waals surface area (Å²) in [6.07, 6.45) is 0.903. The van der Waals surface area contributed by atoms with Crippen molar-refractivity contribution in [2.45, 2.75) is 19.4 Å². The molecule has 112 valence electrons. The van der Waals surface area contributed by atoms with E-state index in [0.29, 0.717) is 6.04 Å². The van der Waals surface area contributed by atoms with E-state index >= 15 is 0 Å². The van der Waals surface area contributed by atoms with Crippen LogP contribution in [0.1, 0.15) is 24.1 Å². The number of nitrogens with zero attached hydrogens (tertiary/aromatic N) is 1. The number of hydrogen-bond acceptors (Lipinski definition) is 2. The molecule has 0 saturated heterocycles. The summed E-state index contributed by atoms with van der Waals surface area (Å²) >= 11 is 0. The van der Waals surface area contributed by atoms with Crippen molar-refractivity contribution in [3.05, 3.63) is 65.5 Å². The minimum atomic E-state index is -0.180. The number of hydrogen-bond donors (Lipinski definition) is 1. The van der Waals surface area contributed by atoms with Gasteiger partial charge in [0.15, 0.2) is 0 Å². The largest absolute Gasteiger partial charge is 0.378 e. The molecule has 0 aliphatic carbocycles. The van der Waals surface area contributed by atoms with E-state index in [0.717, 1.165) is 18.5 Å². The molecule has 1 N–H and O–H groups in total. The van der Waals surface area contributed by atoms with Gasteiger partial charge in [-0.15, -0.1) is 0 Å². The average Bonchev–Trinajstić information content (AvgIpc) is 2.49. The van der Waals surface area contributed by atoms with Crippen LogP contribution in [-0.4, -0.2) is 20.6 Å². The molecule has 0 bridgehead atoms. The van der Waals surface area contributed by atoms with Gasteiger partial charge in [-0.3, -0.25) is 0 Å². The Morgan fingerprint density at radius 1 is 1.00 bits per heavy atom. The van der Waals surface area contributed by atoms with Crippen LogP contribution in [-0.2, 0) is 6.42 Å². The van der Waals surface area contributed by atoms with Gasteiger partial charge in [0.25, 0.3) is 0 Å². The first-order valence-electron chi connectivity index (χ1n) is 7.31. The van der Waals surface area contributed by atoms with Crippen LogP contribution in [0, 0.1) is 5.82 Å². The zero-order valence-corrected chi connectivity index (χ0v) is 12.9. The molecule has 0 amide bonds. The van der Waals surface area contributed by atoms with Gasteiger partial charge in [-0.1, -0.05) is 24.3 Å². The highest BCUT2D eigenvalue weighted by molar-refractivity contribution is 5.46. The van der Waals surface area contributed by atoms with Gasteiger partial charge in [-0.25, -0.2) is 4.39 Å². The third-order valence-corrected chi connectivity index (χ3v) is 3.69. The summed E-state index contributed by atoms with van der Waals surface area (Å²) in [6, 6.07) is 15.6. The summed E-state index contributed by atoms with van der Waals surface area (Å²) in [6.45, 7) is 3.04. The second-order valence-corrected chi connectivity index (χ2v) is 5.54. The first kappa shape index (κ1) is 15.5. The molecular weight excluding hydrogens is 263 g/mol. The van der Waals surface area contributed by atoms with Gasteiger partial charge >= 0.3 is 0 Å². The van der Waals surface area contributed by atoms with Crippen molar-refractivity contribution in [3.63, 3.8) is 0 Å². The predicted octanol–water partition coefficient (Wildman–Crippen LogP) is 3.79. The molecule has 1 unspecified atom stereocenters. The normalized spacial score (nSPS) is 12.2. The maximum atomic E-state index is 12.8. The number of rotatable bonds is 6. The molecule has 0 aliphatic rings. The molecule has 0 saturated carbocycles. The van der Waals surface area contributed by atoms with Crippen molar-refractivity contribution in [2.75, 3.05) is 25.5 Å². The topological polar surface area (TPSA) is 15.3 Å². The molecule has 0 aliphatic heterocycles. The highest BCUT2D eigenvalue weighted by atomic mass is 19.1. The fourth-order valence-electron chi connectivity index (χ4n) is 2.26. The molecule has 0 heterocycles. The number of anilines is 1. The molecule has 0 spiro atoms. The van der Waals surface area contributed by atoms with Crippen molar-refractivity contribution >= 4 is 5.69 Å². The first-order chi connectivity index (χ1) is 10.1. The molecule has 0 radical (unpaired) electrons. The van der Waals surface area contributed by atoms with Crippen LogP contribution in [0.4, 0.5) is 10.1 Å². The summed E-state index contributed by atoms with van der Waals surface area (Å²) in [7, 11) is 4.08. The monoisotopic (exact) mass is 286 g/mol. The van der Waals surface area contributed by atoms with Crippen LogP contribution in [0.15, 0.2) is 48.5 Å². The van der Waals surface area contributed by atoms with Crippen LogP contribution in [0.3, 0.4) is 0 Å². The summed E-state index contributed by atoms with van der Waals surface area (Å²) in [4.78, 5) is 2.09. The van der Waals surface area contributed by atoms with E-state index in [-0.39, 0.29) is 5.82 Å². The van der Waals surface area contributed by atoms with E-state index in [1.807, 2.05) is 26.2 Å². The van der Waals surface area contributed by atoms with E-state index in [4.69, 9.17) is 0 Å². The lowest BCUT2D eigenvalue weighted by Gasteiger charge is -2.17. The Labute approximate surface area is 126 Å². The molecule has 2 aromatic carbocycles. The van der Waals surface area contributed by atoms with Gasteiger partial charge < -0.3 is 10.2 Å². The van der Waals surface area contributed by atoms with Gasteiger partial charge in [0, 0.05) is 25.8 Å². The second-order valence-electron chi connectivity index (χ2n) is 5.54. The van der Waals surface area contributed by atoms with Crippen molar-refractivity contribution in [3.8, 4) is 0 Å². The molecule has 21 heavy (non-hydrogen) atoms. The number of halogens is 1. The molecule has 2 aromatic rings. The molecule has 1 atom stereocenters. The fraction of sp³-hybridized carbons (Fsp3) is 0.333. The molecule has 2 nitrogen and oxygen atoms in total. The van der Waals surface area contributed by atoms with Crippen molar-refractivity contribution < 1.29 is 4.39 Å². The SMILES string of the molecule is CC(NCCc1ccc(F)cc1)c1ccc(N(C)C)cc1. The third-order valence-electron chi connectivity index (χ3n) is 3.69.